The van der Waals surface area contributed by atoms with Crippen LogP contribution in [0, 0.1) is 23.3 Å². The predicted molar refractivity (Wildman–Crippen MR) is 93.8 cm³/mol. The molecule has 2 aromatic carbocycles. The lowest BCUT2D eigenvalue weighted by molar-refractivity contribution is -0.116. The maximum atomic E-state index is 13.8. The number of nitrogens with zero attached hydrogens (tertiary/aromatic N) is 5. The lowest BCUT2D eigenvalue weighted by Crippen LogP contribution is -2.20. The molecule has 0 fully saturated rings. The smallest absolute Gasteiger partial charge is 0.247 e. The molecule has 4 rings (SSSR count). The fourth-order valence-electron chi connectivity index (χ4n) is 2.79. The molecule has 0 saturated heterocycles. The number of carbonyl (C=O) groups is 1. The van der Waals surface area contributed by atoms with Gasteiger partial charge in [-0.3, -0.25) is 9.48 Å². The summed E-state index contributed by atoms with van der Waals surface area (Å²) in [6, 6.07) is 8.61. The molecular weight excluding hydrogens is 392 g/mol. The highest BCUT2D eigenvalue weighted by Gasteiger charge is 2.20. The number of benzene rings is 2. The molecule has 0 atom stereocenters. The van der Waals surface area contributed by atoms with Crippen molar-refractivity contribution >= 4 is 22.8 Å². The van der Waals surface area contributed by atoms with Crippen LogP contribution in [-0.2, 0) is 17.9 Å². The van der Waals surface area contributed by atoms with Gasteiger partial charge in [0, 0.05) is 18.3 Å². The Morgan fingerprint density at radius 1 is 1.03 bits per heavy atom. The van der Waals surface area contributed by atoms with E-state index in [0.717, 1.165) is 4.68 Å². The van der Waals surface area contributed by atoms with Crippen molar-refractivity contribution in [2.75, 3.05) is 5.32 Å². The molecular formula is C18H12F4N6O. The molecule has 0 aliphatic carbocycles. The van der Waals surface area contributed by atoms with E-state index in [2.05, 4.69) is 20.7 Å². The summed E-state index contributed by atoms with van der Waals surface area (Å²) in [5, 5.41) is 14.3. The second-order valence-corrected chi connectivity index (χ2v) is 6.13. The van der Waals surface area contributed by atoms with Crippen molar-refractivity contribution in [1.82, 2.24) is 24.8 Å². The van der Waals surface area contributed by atoms with Crippen molar-refractivity contribution in [3.05, 3.63) is 71.4 Å². The molecule has 0 radical (unpaired) electrons. The van der Waals surface area contributed by atoms with E-state index >= 15 is 0 Å². The molecule has 0 spiro atoms. The summed E-state index contributed by atoms with van der Waals surface area (Å²) < 4.78 is 56.6. The van der Waals surface area contributed by atoms with Gasteiger partial charge in [0.2, 0.25) is 5.91 Å². The number of halogens is 4. The summed E-state index contributed by atoms with van der Waals surface area (Å²) in [4.78, 5) is 12.2. The fourth-order valence-corrected chi connectivity index (χ4v) is 2.79. The van der Waals surface area contributed by atoms with Gasteiger partial charge in [0.05, 0.1) is 17.6 Å². The zero-order valence-electron chi connectivity index (χ0n) is 14.6. The Morgan fingerprint density at radius 3 is 2.52 bits per heavy atom. The van der Waals surface area contributed by atoms with Crippen LogP contribution in [0.5, 0.6) is 0 Å². The van der Waals surface area contributed by atoms with Crippen LogP contribution in [0.1, 0.15) is 5.56 Å². The highest BCUT2D eigenvalue weighted by Crippen LogP contribution is 2.20. The quantitative estimate of drug-likeness (QED) is 0.410. The number of amides is 1. The third-order valence-corrected chi connectivity index (χ3v) is 4.14. The second-order valence-electron chi connectivity index (χ2n) is 6.13. The standard InChI is InChI=1S/C18H12F4N6O/c19-11-7-12(20)18(22)10(17(11)21)8-27-6-5-15(25-27)23-16(29)9-28-14-4-2-1-3-13(14)24-26-28/h1-7H,8-9H2,(H,23,25,29). The third-order valence-electron chi connectivity index (χ3n) is 4.14. The van der Waals surface area contributed by atoms with Crippen LogP contribution in [0.3, 0.4) is 0 Å². The van der Waals surface area contributed by atoms with E-state index in [1.54, 1.807) is 24.3 Å². The number of carbonyl (C=O) groups excluding carboxylic acids is 1. The van der Waals surface area contributed by atoms with E-state index in [9.17, 15) is 22.4 Å². The summed E-state index contributed by atoms with van der Waals surface area (Å²) >= 11 is 0. The highest BCUT2D eigenvalue weighted by atomic mass is 19.2. The molecule has 11 heteroatoms. The summed E-state index contributed by atoms with van der Waals surface area (Å²) in [6.45, 7) is -0.693. The van der Waals surface area contributed by atoms with E-state index in [1.165, 1.54) is 16.9 Å². The number of hydrogen-bond acceptors (Lipinski definition) is 4. The van der Waals surface area contributed by atoms with Crippen LogP contribution in [0.15, 0.2) is 42.6 Å². The first-order chi connectivity index (χ1) is 13.9. The van der Waals surface area contributed by atoms with Gasteiger partial charge in [-0.1, -0.05) is 17.3 Å². The molecule has 2 heterocycles. The van der Waals surface area contributed by atoms with Crippen LogP contribution in [0.2, 0.25) is 0 Å². The van der Waals surface area contributed by atoms with Crippen molar-refractivity contribution in [2.45, 2.75) is 13.1 Å². The molecule has 2 aromatic heterocycles. The van der Waals surface area contributed by atoms with E-state index in [4.69, 9.17) is 0 Å². The summed E-state index contributed by atoms with van der Waals surface area (Å²) in [6.07, 6.45) is 1.31. The number of nitrogens with one attached hydrogen (secondary N) is 1. The molecule has 0 saturated carbocycles. The Labute approximate surface area is 160 Å². The normalized spacial score (nSPS) is 11.2. The number of rotatable bonds is 5. The van der Waals surface area contributed by atoms with Gasteiger partial charge in [-0.15, -0.1) is 5.10 Å². The number of aromatic nitrogens is 5. The van der Waals surface area contributed by atoms with Crippen molar-refractivity contribution in [1.29, 1.82) is 0 Å². The van der Waals surface area contributed by atoms with Crippen LogP contribution in [0.4, 0.5) is 23.4 Å². The molecule has 7 nitrogen and oxygen atoms in total. The summed E-state index contributed by atoms with van der Waals surface area (Å²) in [5.74, 6) is -6.36. The van der Waals surface area contributed by atoms with Gasteiger partial charge in [0.15, 0.2) is 29.1 Å². The van der Waals surface area contributed by atoms with E-state index in [-0.39, 0.29) is 18.4 Å². The number of fused-ring (bicyclic) bond motifs is 1. The largest absolute Gasteiger partial charge is 0.308 e. The Morgan fingerprint density at radius 2 is 1.76 bits per heavy atom. The van der Waals surface area contributed by atoms with Gasteiger partial charge >= 0.3 is 0 Å². The Balaban J connectivity index is 1.47. The van der Waals surface area contributed by atoms with E-state index in [0.29, 0.717) is 11.0 Å². The van der Waals surface area contributed by atoms with Crippen LogP contribution >= 0.6 is 0 Å². The Bertz CT molecular complexity index is 1190. The number of anilines is 1. The zero-order chi connectivity index (χ0) is 20.5. The maximum Gasteiger partial charge on any atom is 0.247 e. The monoisotopic (exact) mass is 404 g/mol. The fraction of sp³-hybridized carbons (Fsp3) is 0.111. The van der Waals surface area contributed by atoms with Gasteiger partial charge in [-0.25, -0.2) is 22.2 Å². The lowest BCUT2D eigenvalue weighted by Gasteiger charge is -2.07. The van der Waals surface area contributed by atoms with Gasteiger partial charge in [-0.05, 0) is 12.1 Å². The average Bonchev–Trinajstić information content (AvgIpc) is 3.31. The van der Waals surface area contributed by atoms with Crippen LogP contribution in [0.25, 0.3) is 11.0 Å². The Kier molecular flexibility index (Phi) is 4.71. The van der Waals surface area contributed by atoms with Crippen LogP contribution < -0.4 is 5.32 Å². The molecule has 0 aliphatic heterocycles. The average molecular weight is 404 g/mol. The highest BCUT2D eigenvalue weighted by molar-refractivity contribution is 5.90. The van der Waals surface area contributed by atoms with E-state index in [1.807, 2.05) is 0 Å². The van der Waals surface area contributed by atoms with E-state index < -0.39 is 41.3 Å². The first kappa shape index (κ1) is 18.6. The summed E-state index contributed by atoms with van der Waals surface area (Å²) in [7, 11) is 0. The SMILES string of the molecule is O=C(Cn1nnc2ccccc21)Nc1ccn(Cc2c(F)c(F)cc(F)c2F)n1. The molecule has 29 heavy (non-hydrogen) atoms. The zero-order valence-corrected chi connectivity index (χ0v) is 14.6. The number of hydrogen-bond donors (Lipinski definition) is 1. The van der Waals surface area contributed by atoms with Crippen molar-refractivity contribution in [3.8, 4) is 0 Å². The first-order valence-corrected chi connectivity index (χ1v) is 8.36. The molecule has 148 valence electrons. The molecule has 0 aliphatic rings. The van der Waals surface area contributed by atoms with Gasteiger partial charge in [0.1, 0.15) is 12.1 Å². The van der Waals surface area contributed by atoms with Crippen molar-refractivity contribution in [2.24, 2.45) is 0 Å². The number of para-hydroxylation sites is 1. The minimum Gasteiger partial charge on any atom is -0.308 e. The lowest BCUT2D eigenvalue weighted by atomic mass is 10.2. The topological polar surface area (TPSA) is 77.6 Å². The predicted octanol–water partition coefficient (Wildman–Crippen LogP) is 2.87. The van der Waals surface area contributed by atoms with Crippen molar-refractivity contribution in [3.63, 3.8) is 0 Å². The van der Waals surface area contributed by atoms with Crippen LogP contribution in [-0.4, -0.2) is 30.7 Å². The first-order valence-electron chi connectivity index (χ1n) is 8.36. The molecule has 0 bridgehead atoms. The van der Waals surface area contributed by atoms with Crippen molar-refractivity contribution < 1.29 is 22.4 Å². The van der Waals surface area contributed by atoms with Gasteiger partial charge < -0.3 is 5.32 Å². The summed E-state index contributed by atoms with van der Waals surface area (Å²) in [5.41, 5.74) is 0.501. The van der Waals surface area contributed by atoms with Gasteiger partial charge in [-0.2, -0.15) is 5.10 Å². The minimum absolute atomic E-state index is 0.0945. The maximum absolute atomic E-state index is 13.8. The van der Waals surface area contributed by atoms with Gasteiger partial charge in [0.25, 0.3) is 0 Å². The third kappa shape index (κ3) is 3.66. The second kappa shape index (κ2) is 7.34. The molecule has 1 amide bonds. The minimum atomic E-state index is -1.50. The molecule has 0 unspecified atom stereocenters. The molecule has 1 N–H and O–H groups in total. The Hall–Kier alpha value is -3.76. The molecule has 4 aromatic rings.